The normalized spacial score (nSPS) is 21.6. The van der Waals surface area contributed by atoms with Gasteiger partial charge in [0.2, 0.25) is 5.95 Å². The summed E-state index contributed by atoms with van der Waals surface area (Å²) >= 11 is 1.89. The van der Waals surface area contributed by atoms with Gasteiger partial charge in [-0.05, 0) is 44.2 Å². The zero-order valence-corrected chi connectivity index (χ0v) is 17.0. The topological polar surface area (TPSA) is 104 Å². The van der Waals surface area contributed by atoms with Crippen molar-refractivity contribution in [2.45, 2.75) is 44.8 Å². The maximum absolute atomic E-state index is 10.6. The average molecular weight is 431 g/mol. The summed E-state index contributed by atoms with van der Waals surface area (Å²) in [6.07, 6.45) is -0.339. The van der Waals surface area contributed by atoms with E-state index in [1.54, 1.807) is 0 Å². The van der Waals surface area contributed by atoms with Gasteiger partial charge in [-0.15, -0.1) is 11.3 Å². The number of rotatable bonds is 2. The van der Waals surface area contributed by atoms with E-state index in [4.69, 9.17) is 15.6 Å². The van der Waals surface area contributed by atoms with E-state index in [0.717, 1.165) is 43.2 Å². The summed E-state index contributed by atoms with van der Waals surface area (Å²) in [7, 11) is 2.03. The van der Waals surface area contributed by atoms with Crippen LogP contribution in [-0.4, -0.2) is 53.4 Å². The lowest BCUT2D eigenvalue weighted by molar-refractivity contribution is -0.192. The molecule has 1 aliphatic heterocycles. The third-order valence-corrected chi connectivity index (χ3v) is 6.54. The molecule has 1 unspecified atom stereocenters. The summed E-state index contributed by atoms with van der Waals surface area (Å²) in [4.78, 5) is 21.9. The number of nitrogens with zero attached hydrogens (tertiary/aromatic N) is 3. The Balaban J connectivity index is 0.000000298. The number of carboxylic acids is 1. The number of nitrogens with two attached hydrogens (primary N) is 1. The Labute approximate surface area is 170 Å². The molecular formula is C18H24F3N5O2S. The second-order valence-corrected chi connectivity index (χ2v) is 8.56. The van der Waals surface area contributed by atoms with Crippen molar-refractivity contribution in [2.24, 2.45) is 5.92 Å². The standard InChI is InChI=1S/C16H23N5S.C2HF3O2/c1-9-3-4-12-11(7-9)13-14(22-12)15(20-16(17)19-13)21-6-5-10(8-21)18-2;3-2(4,5)1(6)7/h9-10,18H,3-8H2,1-2H3,(H2,17,19,20);(H,6,7)/t9?,10-;/m1./s1. The van der Waals surface area contributed by atoms with Crippen LogP contribution in [0, 0.1) is 5.92 Å². The van der Waals surface area contributed by atoms with Gasteiger partial charge in [0.1, 0.15) is 0 Å². The number of aliphatic carboxylic acids is 1. The van der Waals surface area contributed by atoms with E-state index in [0.29, 0.717) is 12.0 Å². The number of hydrogen-bond donors (Lipinski definition) is 3. The Morgan fingerprint density at radius 3 is 2.62 bits per heavy atom. The highest BCUT2D eigenvalue weighted by Crippen LogP contribution is 2.41. The minimum absolute atomic E-state index is 0.411. The molecule has 1 aliphatic carbocycles. The van der Waals surface area contributed by atoms with Crippen LogP contribution in [0.5, 0.6) is 0 Å². The predicted octanol–water partition coefficient (Wildman–Crippen LogP) is 2.83. The van der Waals surface area contributed by atoms with Crippen molar-refractivity contribution in [3.05, 3.63) is 10.4 Å². The highest BCUT2D eigenvalue weighted by atomic mass is 32.1. The number of carbonyl (C=O) groups is 1. The van der Waals surface area contributed by atoms with Gasteiger partial charge in [-0.2, -0.15) is 18.2 Å². The third kappa shape index (κ3) is 4.72. The molecule has 29 heavy (non-hydrogen) atoms. The van der Waals surface area contributed by atoms with Crippen LogP contribution in [0.1, 0.15) is 30.2 Å². The Morgan fingerprint density at radius 2 is 2.03 bits per heavy atom. The van der Waals surface area contributed by atoms with Crippen LogP contribution in [0.3, 0.4) is 0 Å². The summed E-state index contributed by atoms with van der Waals surface area (Å²) in [5.41, 5.74) is 8.57. The Hall–Kier alpha value is -2.14. The monoisotopic (exact) mass is 431 g/mol. The zero-order chi connectivity index (χ0) is 21.3. The number of carboxylic acid groups (broad SMARTS) is 1. The molecule has 2 aliphatic rings. The van der Waals surface area contributed by atoms with Crippen LogP contribution >= 0.6 is 11.3 Å². The van der Waals surface area contributed by atoms with E-state index in [1.165, 1.54) is 28.0 Å². The lowest BCUT2D eigenvalue weighted by atomic mass is 9.89. The maximum Gasteiger partial charge on any atom is 0.490 e. The molecule has 0 amide bonds. The molecule has 0 bridgehead atoms. The van der Waals surface area contributed by atoms with Gasteiger partial charge in [0.25, 0.3) is 0 Å². The predicted molar refractivity (Wildman–Crippen MR) is 106 cm³/mol. The Morgan fingerprint density at radius 1 is 1.34 bits per heavy atom. The van der Waals surface area contributed by atoms with Crippen LogP contribution in [0.4, 0.5) is 24.9 Å². The van der Waals surface area contributed by atoms with Crippen LogP contribution in [0.2, 0.25) is 0 Å². The van der Waals surface area contributed by atoms with E-state index in [1.807, 2.05) is 18.4 Å². The van der Waals surface area contributed by atoms with Gasteiger partial charge in [-0.1, -0.05) is 6.92 Å². The molecular weight excluding hydrogens is 407 g/mol. The third-order valence-electron chi connectivity index (χ3n) is 5.27. The van der Waals surface area contributed by atoms with Crippen molar-refractivity contribution in [3.63, 3.8) is 0 Å². The van der Waals surface area contributed by atoms with Crippen molar-refractivity contribution in [3.8, 4) is 0 Å². The van der Waals surface area contributed by atoms with Gasteiger partial charge in [-0.3, -0.25) is 0 Å². The van der Waals surface area contributed by atoms with Crippen molar-refractivity contribution >= 4 is 39.3 Å². The van der Waals surface area contributed by atoms with Crippen LogP contribution in [-0.2, 0) is 17.6 Å². The second-order valence-electron chi connectivity index (χ2n) is 7.46. The first-order valence-corrected chi connectivity index (χ1v) is 10.2. The van der Waals surface area contributed by atoms with E-state index in [9.17, 15) is 13.2 Å². The van der Waals surface area contributed by atoms with Gasteiger partial charge < -0.3 is 21.1 Å². The highest BCUT2D eigenvalue weighted by molar-refractivity contribution is 7.19. The number of aromatic nitrogens is 2. The molecule has 1 fully saturated rings. The quantitative estimate of drug-likeness (QED) is 0.672. The number of likely N-dealkylation sites (N-methyl/N-ethyl adjacent to an activating group) is 1. The molecule has 0 spiro atoms. The molecule has 0 aromatic carbocycles. The molecule has 2 aromatic rings. The highest BCUT2D eigenvalue weighted by Gasteiger charge is 2.38. The number of anilines is 2. The van der Waals surface area contributed by atoms with Crippen molar-refractivity contribution in [2.75, 3.05) is 30.8 Å². The summed E-state index contributed by atoms with van der Waals surface area (Å²) in [6, 6.07) is 0.542. The summed E-state index contributed by atoms with van der Waals surface area (Å²) in [5.74, 6) is -0.556. The smallest absolute Gasteiger partial charge is 0.475 e. The molecule has 0 saturated carbocycles. The number of nitrogens with one attached hydrogen (secondary N) is 1. The minimum Gasteiger partial charge on any atom is -0.475 e. The van der Waals surface area contributed by atoms with Gasteiger partial charge in [0.05, 0.1) is 10.2 Å². The largest absolute Gasteiger partial charge is 0.490 e. The van der Waals surface area contributed by atoms with E-state index in [2.05, 4.69) is 27.1 Å². The van der Waals surface area contributed by atoms with Crippen LogP contribution < -0.4 is 16.0 Å². The molecule has 4 N–H and O–H groups in total. The molecule has 0 radical (unpaired) electrons. The van der Waals surface area contributed by atoms with Crippen LogP contribution in [0.15, 0.2) is 0 Å². The number of aryl methyl sites for hydroxylation is 1. The number of nitrogen functional groups attached to an aromatic ring is 1. The number of halogens is 3. The molecule has 2 atom stereocenters. The Kier molecular flexibility index (Phi) is 6.18. The molecule has 11 heteroatoms. The van der Waals surface area contributed by atoms with Crippen LogP contribution in [0.25, 0.3) is 10.2 Å². The first-order valence-electron chi connectivity index (χ1n) is 9.40. The number of hydrogen-bond acceptors (Lipinski definition) is 7. The summed E-state index contributed by atoms with van der Waals surface area (Å²) in [5, 5.41) is 10.5. The Bertz CT molecular complexity index is 902. The number of thiophene rings is 1. The van der Waals surface area contributed by atoms with E-state index >= 15 is 0 Å². The number of alkyl halides is 3. The lowest BCUT2D eigenvalue weighted by Gasteiger charge is -2.19. The molecule has 1 saturated heterocycles. The second kappa shape index (κ2) is 8.31. The summed E-state index contributed by atoms with van der Waals surface area (Å²) in [6.45, 7) is 4.37. The molecule has 3 heterocycles. The zero-order valence-electron chi connectivity index (χ0n) is 16.2. The fourth-order valence-electron chi connectivity index (χ4n) is 3.71. The fraction of sp³-hybridized carbons (Fsp3) is 0.611. The average Bonchev–Trinajstić information content (AvgIpc) is 3.25. The minimum atomic E-state index is -5.08. The molecule has 4 rings (SSSR count). The molecule has 160 valence electrons. The maximum atomic E-state index is 10.6. The lowest BCUT2D eigenvalue weighted by Crippen LogP contribution is -2.30. The van der Waals surface area contributed by atoms with E-state index < -0.39 is 12.1 Å². The van der Waals surface area contributed by atoms with E-state index in [-0.39, 0.29) is 0 Å². The number of fused-ring (bicyclic) bond motifs is 3. The van der Waals surface area contributed by atoms with Crippen molar-refractivity contribution < 1.29 is 23.1 Å². The van der Waals surface area contributed by atoms with Gasteiger partial charge in [-0.25, -0.2) is 9.78 Å². The fourth-order valence-corrected chi connectivity index (χ4v) is 5.01. The first kappa shape index (κ1) is 21.6. The van der Waals surface area contributed by atoms with Gasteiger partial charge in [0, 0.05) is 24.0 Å². The van der Waals surface area contributed by atoms with Gasteiger partial charge >= 0.3 is 12.1 Å². The van der Waals surface area contributed by atoms with Crippen molar-refractivity contribution in [1.29, 1.82) is 0 Å². The summed E-state index contributed by atoms with van der Waals surface area (Å²) < 4.78 is 33.0. The SMILES string of the molecule is CN[C@@H]1CCN(c2nc(N)nc3c4c(sc23)CCC(C)C4)C1.O=C(O)C(F)(F)F. The first-order chi connectivity index (χ1) is 13.6. The molecule has 7 nitrogen and oxygen atoms in total. The molecule has 2 aromatic heterocycles. The van der Waals surface area contributed by atoms with Crippen molar-refractivity contribution in [1.82, 2.24) is 15.3 Å². The van der Waals surface area contributed by atoms with Gasteiger partial charge in [0.15, 0.2) is 5.82 Å².